The molecule has 1 aliphatic heterocycles. The summed E-state index contributed by atoms with van der Waals surface area (Å²) in [4.78, 5) is 31.5. The Balaban J connectivity index is 1.24. The maximum absolute atomic E-state index is 12.6. The van der Waals surface area contributed by atoms with Gasteiger partial charge in [-0.1, -0.05) is 48.0 Å². The van der Waals surface area contributed by atoms with E-state index in [0.29, 0.717) is 12.2 Å². The number of aryl methyl sites for hydroxylation is 1. The molecular weight excluding hydrogens is 408 g/mol. The van der Waals surface area contributed by atoms with Crippen LogP contribution in [0.3, 0.4) is 0 Å². The molecule has 1 aliphatic rings. The molecule has 1 saturated heterocycles. The first-order valence-corrected chi connectivity index (χ1v) is 11.4. The number of para-hydroxylation sites is 1. The molecule has 31 heavy (non-hydrogen) atoms. The third-order valence-corrected chi connectivity index (χ3v) is 6.27. The van der Waals surface area contributed by atoms with Crippen LogP contribution >= 0.6 is 11.3 Å². The van der Waals surface area contributed by atoms with E-state index >= 15 is 0 Å². The number of likely N-dealkylation sites (tertiary alicyclic amines) is 1. The van der Waals surface area contributed by atoms with E-state index in [0.717, 1.165) is 42.2 Å². The zero-order valence-corrected chi connectivity index (χ0v) is 18.3. The number of nitrogens with one attached hydrogen (secondary N) is 2. The van der Waals surface area contributed by atoms with Crippen LogP contribution in [-0.2, 0) is 4.79 Å². The van der Waals surface area contributed by atoms with E-state index in [9.17, 15) is 9.59 Å². The zero-order chi connectivity index (χ0) is 21.6. The molecule has 0 radical (unpaired) electrons. The van der Waals surface area contributed by atoms with Crippen LogP contribution in [-0.4, -0.2) is 47.4 Å². The van der Waals surface area contributed by atoms with E-state index in [1.165, 1.54) is 16.9 Å². The van der Waals surface area contributed by atoms with Gasteiger partial charge in [0.1, 0.15) is 10.7 Å². The van der Waals surface area contributed by atoms with Crippen molar-refractivity contribution < 1.29 is 9.59 Å². The number of benzene rings is 2. The van der Waals surface area contributed by atoms with Gasteiger partial charge < -0.3 is 10.6 Å². The number of hydrogen-bond donors (Lipinski definition) is 2. The van der Waals surface area contributed by atoms with E-state index in [4.69, 9.17) is 0 Å². The molecule has 0 aliphatic carbocycles. The second-order valence-electron chi connectivity index (χ2n) is 7.84. The van der Waals surface area contributed by atoms with Crippen molar-refractivity contribution in [2.24, 2.45) is 0 Å². The molecule has 2 heterocycles. The summed E-state index contributed by atoms with van der Waals surface area (Å²) >= 11 is 1.48. The number of aromatic nitrogens is 1. The van der Waals surface area contributed by atoms with Crippen molar-refractivity contribution in [3.8, 4) is 10.6 Å². The van der Waals surface area contributed by atoms with E-state index in [-0.39, 0.29) is 17.9 Å². The molecule has 7 heteroatoms. The van der Waals surface area contributed by atoms with Gasteiger partial charge in [-0.25, -0.2) is 4.98 Å². The lowest BCUT2D eigenvalue weighted by molar-refractivity contribution is -0.117. The first-order chi connectivity index (χ1) is 15.1. The molecule has 3 aromatic rings. The summed E-state index contributed by atoms with van der Waals surface area (Å²) in [6.07, 6.45) is 1.64. The fraction of sp³-hybridized carbons (Fsp3) is 0.292. The minimum Gasteiger partial charge on any atom is -0.348 e. The quantitative estimate of drug-likeness (QED) is 0.616. The predicted octanol–water partition coefficient (Wildman–Crippen LogP) is 3.95. The molecule has 2 amide bonds. The molecule has 0 bridgehead atoms. The van der Waals surface area contributed by atoms with Crippen LogP contribution in [0.2, 0.25) is 0 Å². The van der Waals surface area contributed by atoms with Crippen molar-refractivity contribution in [1.29, 1.82) is 0 Å². The van der Waals surface area contributed by atoms with Crippen LogP contribution < -0.4 is 10.6 Å². The van der Waals surface area contributed by atoms with Crippen molar-refractivity contribution in [3.05, 3.63) is 71.2 Å². The van der Waals surface area contributed by atoms with E-state index < -0.39 is 0 Å². The van der Waals surface area contributed by atoms with Crippen LogP contribution in [0, 0.1) is 6.92 Å². The average molecular weight is 435 g/mol. The number of nitrogens with zero attached hydrogens (tertiary/aromatic N) is 2. The Morgan fingerprint density at radius 2 is 1.77 bits per heavy atom. The Morgan fingerprint density at radius 1 is 1.06 bits per heavy atom. The number of hydrogen-bond acceptors (Lipinski definition) is 5. The Hall–Kier alpha value is -3.03. The van der Waals surface area contributed by atoms with Crippen molar-refractivity contribution in [2.75, 3.05) is 25.0 Å². The van der Waals surface area contributed by atoms with Gasteiger partial charge in [0.15, 0.2) is 0 Å². The fourth-order valence-corrected chi connectivity index (χ4v) is 4.43. The molecule has 0 atom stereocenters. The number of piperidine rings is 1. The average Bonchev–Trinajstić information content (AvgIpc) is 3.27. The molecule has 1 aromatic heterocycles. The van der Waals surface area contributed by atoms with Gasteiger partial charge in [-0.05, 0) is 31.9 Å². The summed E-state index contributed by atoms with van der Waals surface area (Å²) in [5.74, 6) is -0.144. The predicted molar refractivity (Wildman–Crippen MR) is 124 cm³/mol. The highest BCUT2D eigenvalue weighted by Crippen LogP contribution is 2.24. The zero-order valence-electron chi connectivity index (χ0n) is 17.5. The molecule has 2 aromatic carbocycles. The fourth-order valence-electron chi connectivity index (χ4n) is 3.63. The number of carbonyl (C=O) groups excluding carboxylic acids is 2. The van der Waals surface area contributed by atoms with Crippen LogP contribution in [0.1, 0.15) is 28.9 Å². The van der Waals surface area contributed by atoms with Gasteiger partial charge in [-0.15, -0.1) is 11.3 Å². The van der Waals surface area contributed by atoms with Gasteiger partial charge in [-0.2, -0.15) is 0 Å². The van der Waals surface area contributed by atoms with Crippen LogP contribution in [0.5, 0.6) is 0 Å². The molecule has 0 unspecified atom stereocenters. The maximum Gasteiger partial charge on any atom is 0.270 e. The minimum atomic E-state index is -0.130. The molecule has 2 N–H and O–H groups in total. The van der Waals surface area contributed by atoms with Crippen LogP contribution in [0.15, 0.2) is 60.0 Å². The largest absolute Gasteiger partial charge is 0.348 e. The summed E-state index contributed by atoms with van der Waals surface area (Å²) in [6, 6.07) is 17.7. The highest BCUT2D eigenvalue weighted by molar-refractivity contribution is 7.13. The smallest absolute Gasteiger partial charge is 0.270 e. The SMILES string of the molecule is Cc1ccc(-c2nc(C(=O)NC3CCN(CC(=O)Nc4ccccc4)CC3)cs2)cc1. The molecular formula is C24H26N4O2S. The van der Waals surface area contributed by atoms with Crippen molar-refractivity contribution in [3.63, 3.8) is 0 Å². The van der Waals surface area contributed by atoms with Crippen molar-refractivity contribution >= 4 is 28.8 Å². The topological polar surface area (TPSA) is 74.3 Å². The summed E-state index contributed by atoms with van der Waals surface area (Å²) in [6.45, 7) is 3.96. The third-order valence-electron chi connectivity index (χ3n) is 5.38. The molecule has 6 nitrogen and oxygen atoms in total. The number of carbonyl (C=O) groups is 2. The van der Waals surface area contributed by atoms with E-state index in [1.807, 2.05) is 66.9 Å². The summed E-state index contributed by atoms with van der Waals surface area (Å²) in [5, 5.41) is 8.68. The normalized spacial score (nSPS) is 14.9. The summed E-state index contributed by atoms with van der Waals surface area (Å²) in [7, 11) is 0. The third kappa shape index (κ3) is 5.77. The lowest BCUT2D eigenvalue weighted by Gasteiger charge is -2.31. The van der Waals surface area contributed by atoms with E-state index in [1.54, 1.807) is 0 Å². The first kappa shape index (κ1) is 21.2. The van der Waals surface area contributed by atoms with Crippen LogP contribution in [0.25, 0.3) is 10.6 Å². The Morgan fingerprint density at radius 3 is 2.48 bits per heavy atom. The van der Waals surface area contributed by atoms with Gasteiger partial charge in [0.05, 0.1) is 6.54 Å². The van der Waals surface area contributed by atoms with Gasteiger partial charge in [0.25, 0.3) is 5.91 Å². The second-order valence-corrected chi connectivity index (χ2v) is 8.70. The number of thiazole rings is 1. The number of rotatable bonds is 6. The molecule has 0 saturated carbocycles. The second kappa shape index (κ2) is 9.85. The van der Waals surface area contributed by atoms with Crippen molar-refractivity contribution in [2.45, 2.75) is 25.8 Å². The Kier molecular flexibility index (Phi) is 6.74. The van der Waals surface area contributed by atoms with E-state index in [2.05, 4.69) is 20.5 Å². The van der Waals surface area contributed by atoms with Gasteiger partial charge in [0.2, 0.25) is 5.91 Å². The molecule has 0 spiro atoms. The Bertz CT molecular complexity index is 1030. The maximum atomic E-state index is 12.6. The van der Waals surface area contributed by atoms with Crippen molar-refractivity contribution in [1.82, 2.24) is 15.2 Å². The molecule has 4 rings (SSSR count). The number of anilines is 1. The monoisotopic (exact) mass is 434 g/mol. The lowest BCUT2D eigenvalue weighted by Crippen LogP contribution is -2.46. The number of amides is 2. The van der Waals surface area contributed by atoms with Gasteiger partial charge in [-0.3, -0.25) is 14.5 Å². The van der Waals surface area contributed by atoms with Gasteiger partial charge in [0, 0.05) is 35.8 Å². The lowest BCUT2D eigenvalue weighted by atomic mass is 10.0. The molecule has 160 valence electrons. The summed E-state index contributed by atoms with van der Waals surface area (Å²) < 4.78 is 0. The molecule has 1 fully saturated rings. The Labute approximate surface area is 186 Å². The highest BCUT2D eigenvalue weighted by Gasteiger charge is 2.23. The first-order valence-electron chi connectivity index (χ1n) is 10.5. The summed E-state index contributed by atoms with van der Waals surface area (Å²) in [5.41, 5.74) is 3.49. The van der Waals surface area contributed by atoms with Gasteiger partial charge >= 0.3 is 0 Å². The standard InChI is InChI=1S/C24H26N4O2S/c1-17-7-9-18(10-8-17)24-27-21(16-31-24)23(30)26-20-11-13-28(14-12-20)15-22(29)25-19-5-3-2-4-6-19/h2-10,16,20H,11-15H2,1H3,(H,25,29)(H,26,30). The highest BCUT2D eigenvalue weighted by atomic mass is 32.1. The minimum absolute atomic E-state index is 0.0141. The van der Waals surface area contributed by atoms with Crippen LogP contribution in [0.4, 0.5) is 5.69 Å².